The molecule has 1 aromatic rings. The van der Waals surface area contributed by atoms with E-state index in [0.29, 0.717) is 0 Å². The summed E-state index contributed by atoms with van der Waals surface area (Å²) in [4.78, 5) is 21.9. The molecular weight excluding hydrogens is 314 g/mol. The molecule has 2 heterocycles. The van der Waals surface area contributed by atoms with Gasteiger partial charge in [0.15, 0.2) is 5.82 Å². The molecule has 0 radical (unpaired) electrons. The highest BCUT2D eigenvalue weighted by Gasteiger charge is 2.33. The van der Waals surface area contributed by atoms with E-state index in [4.69, 9.17) is 0 Å². The van der Waals surface area contributed by atoms with E-state index >= 15 is 0 Å². The number of aryl methyl sites for hydroxylation is 1. The Morgan fingerprint density at radius 2 is 1.92 bits per heavy atom. The molecule has 140 valence electrons. The third-order valence-electron chi connectivity index (χ3n) is 5.68. The second-order valence-electron chi connectivity index (χ2n) is 8.07. The second-order valence-corrected chi connectivity index (χ2v) is 8.07. The zero-order valence-corrected chi connectivity index (χ0v) is 16.0. The van der Waals surface area contributed by atoms with Gasteiger partial charge in [0.05, 0.1) is 6.04 Å². The van der Waals surface area contributed by atoms with E-state index in [1.165, 1.54) is 38.6 Å². The number of aromatic nitrogens is 3. The molecule has 1 aliphatic carbocycles. The third-order valence-corrected chi connectivity index (χ3v) is 5.68. The van der Waals surface area contributed by atoms with Crippen molar-refractivity contribution in [2.24, 2.45) is 11.8 Å². The summed E-state index contributed by atoms with van der Waals surface area (Å²) in [7, 11) is 0. The van der Waals surface area contributed by atoms with Gasteiger partial charge in [-0.2, -0.15) is 5.10 Å². The number of carbonyl (C=O) groups excluding carboxylic acids is 1. The molecule has 6 heteroatoms. The lowest BCUT2D eigenvalue weighted by molar-refractivity contribution is -0.137. The Hall–Kier alpha value is -1.43. The first-order valence-electron chi connectivity index (χ1n) is 9.96. The van der Waals surface area contributed by atoms with E-state index < -0.39 is 0 Å². The fourth-order valence-corrected chi connectivity index (χ4v) is 4.27. The highest BCUT2D eigenvalue weighted by molar-refractivity contribution is 5.78. The molecular formula is C19H33N5O. The highest BCUT2D eigenvalue weighted by Crippen LogP contribution is 2.29. The maximum absolute atomic E-state index is 12.8. The summed E-state index contributed by atoms with van der Waals surface area (Å²) in [6, 6.07) is -0.00351. The Bertz CT molecular complexity index is 564. The quantitative estimate of drug-likeness (QED) is 0.909. The molecule has 1 atom stereocenters. The number of hydrogen-bond donors (Lipinski definition) is 1. The number of hydrogen-bond acceptors (Lipinski definition) is 4. The van der Waals surface area contributed by atoms with Gasteiger partial charge in [-0.05, 0) is 32.1 Å². The summed E-state index contributed by atoms with van der Waals surface area (Å²) in [5.41, 5.74) is 0. The first kappa shape index (κ1) is 18.4. The second kappa shape index (κ2) is 8.30. The maximum Gasteiger partial charge on any atom is 0.225 e. The normalized spacial score (nSPS) is 23.8. The summed E-state index contributed by atoms with van der Waals surface area (Å²) in [6.45, 7) is 9.83. The van der Waals surface area contributed by atoms with Crippen molar-refractivity contribution in [1.29, 1.82) is 0 Å². The van der Waals surface area contributed by atoms with Crippen LogP contribution < -0.4 is 0 Å². The van der Waals surface area contributed by atoms with Crippen molar-refractivity contribution in [1.82, 2.24) is 25.0 Å². The molecule has 1 aromatic heterocycles. The number of aromatic amines is 1. The predicted molar refractivity (Wildman–Crippen MR) is 98.0 cm³/mol. The Morgan fingerprint density at radius 3 is 2.56 bits per heavy atom. The molecule has 1 amide bonds. The van der Waals surface area contributed by atoms with Crippen LogP contribution in [0.1, 0.15) is 70.1 Å². The van der Waals surface area contributed by atoms with Gasteiger partial charge in [-0.15, -0.1) is 0 Å². The van der Waals surface area contributed by atoms with E-state index in [-0.39, 0.29) is 17.9 Å². The number of H-pyrrole nitrogens is 1. The minimum atomic E-state index is -0.00351. The molecule has 0 bridgehead atoms. The summed E-state index contributed by atoms with van der Waals surface area (Å²) in [5.74, 6) is 2.64. The first-order valence-corrected chi connectivity index (χ1v) is 9.96. The monoisotopic (exact) mass is 347 g/mol. The van der Waals surface area contributed by atoms with Crippen LogP contribution >= 0.6 is 0 Å². The molecule has 2 aliphatic rings. The topological polar surface area (TPSA) is 65.1 Å². The van der Waals surface area contributed by atoms with Crippen LogP contribution in [0.15, 0.2) is 0 Å². The lowest BCUT2D eigenvalue weighted by atomic mass is 9.89. The van der Waals surface area contributed by atoms with Crippen LogP contribution in [0, 0.1) is 18.8 Å². The van der Waals surface area contributed by atoms with Gasteiger partial charge in [0, 0.05) is 32.1 Å². The molecule has 25 heavy (non-hydrogen) atoms. The number of nitrogens with one attached hydrogen (secondary N) is 1. The van der Waals surface area contributed by atoms with Crippen molar-refractivity contribution in [2.45, 2.75) is 65.3 Å². The van der Waals surface area contributed by atoms with Crippen LogP contribution in [0.25, 0.3) is 0 Å². The largest absolute Gasteiger partial charge is 0.331 e. The van der Waals surface area contributed by atoms with Crippen molar-refractivity contribution >= 4 is 5.91 Å². The van der Waals surface area contributed by atoms with Crippen molar-refractivity contribution in [2.75, 3.05) is 26.2 Å². The van der Waals surface area contributed by atoms with E-state index in [9.17, 15) is 4.79 Å². The Balaban J connectivity index is 1.70. The summed E-state index contributed by atoms with van der Waals surface area (Å²) in [6.07, 6.45) is 7.83. The van der Waals surface area contributed by atoms with Crippen molar-refractivity contribution in [3.63, 3.8) is 0 Å². The molecule has 0 spiro atoms. The van der Waals surface area contributed by atoms with Crippen LogP contribution in [0.5, 0.6) is 0 Å². The van der Waals surface area contributed by atoms with Gasteiger partial charge in [-0.1, -0.05) is 33.1 Å². The lowest BCUT2D eigenvalue weighted by Crippen LogP contribution is -2.40. The van der Waals surface area contributed by atoms with Crippen LogP contribution in [-0.2, 0) is 4.79 Å². The van der Waals surface area contributed by atoms with Crippen LogP contribution in [0.3, 0.4) is 0 Å². The van der Waals surface area contributed by atoms with Gasteiger partial charge < -0.3 is 9.80 Å². The van der Waals surface area contributed by atoms with Gasteiger partial charge in [-0.25, -0.2) is 4.98 Å². The van der Waals surface area contributed by atoms with Crippen molar-refractivity contribution < 1.29 is 4.79 Å². The van der Waals surface area contributed by atoms with Crippen LogP contribution in [0.4, 0.5) is 0 Å². The van der Waals surface area contributed by atoms with E-state index in [1.807, 2.05) is 25.7 Å². The number of nitrogens with zero attached hydrogens (tertiary/aromatic N) is 4. The van der Waals surface area contributed by atoms with Crippen molar-refractivity contribution in [3.05, 3.63) is 11.6 Å². The Labute approximate surface area is 151 Å². The zero-order chi connectivity index (χ0) is 17.8. The number of amides is 1. The van der Waals surface area contributed by atoms with Crippen LogP contribution in [-0.4, -0.2) is 57.1 Å². The van der Waals surface area contributed by atoms with Gasteiger partial charge in [0.1, 0.15) is 5.82 Å². The molecule has 1 aliphatic heterocycles. The first-order chi connectivity index (χ1) is 12.0. The van der Waals surface area contributed by atoms with Gasteiger partial charge >= 0.3 is 0 Å². The molecule has 3 rings (SSSR count). The molecule has 1 saturated carbocycles. The zero-order valence-electron chi connectivity index (χ0n) is 16.0. The molecule has 6 nitrogen and oxygen atoms in total. The maximum atomic E-state index is 12.8. The molecule has 0 aromatic carbocycles. The Morgan fingerprint density at radius 1 is 1.16 bits per heavy atom. The third kappa shape index (κ3) is 4.60. The fraction of sp³-hybridized carbons (Fsp3) is 0.842. The molecule has 1 N–H and O–H groups in total. The van der Waals surface area contributed by atoms with Crippen LogP contribution in [0.2, 0.25) is 0 Å². The van der Waals surface area contributed by atoms with Crippen molar-refractivity contribution in [3.8, 4) is 0 Å². The lowest BCUT2D eigenvalue weighted by Gasteiger charge is -2.30. The minimum absolute atomic E-state index is 0.00351. The van der Waals surface area contributed by atoms with Gasteiger partial charge in [-0.3, -0.25) is 9.89 Å². The number of rotatable bonds is 4. The standard InChI is InChI=1S/C19H33N5O/c1-14(2)19(25)24-12-11-23(13-16-7-5-4-6-8-16)10-9-17(24)18-20-15(3)21-22-18/h14,16-17H,4-13H2,1-3H3,(H,20,21,22). The summed E-state index contributed by atoms with van der Waals surface area (Å²) >= 11 is 0. The number of carbonyl (C=O) groups is 1. The van der Waals surface area contributed by atoms with E-state index in [2.05, 4.69) is 20.1 Å². The fourth-order valence-electron chi connectivity index (χ4n) is 4.27. The summed E-state index contributed by atoms with van der Waals surface area (Å²) < 4.78 is 0. The SMILES string of the molecule is Cc1nc(C2CCN(CC3CCCCC3)CCN2C(=O)C(C)C)n[nH]1. The van der Waals surface area contributed by atoms with Gasteiger partial charge in [0.25, 0.3) is 0 Å². The molecule has 1 saturated heterocycles. The van der Waals surface area contributed by atoms with E-state index in [0.717, 1.165) is 43.6 Å². The Kier molecular flexibility index (Phi) is 6.10. The molecule has 2 fully saturated rings. The predicted octanol–water partition coefficient (Wildman–Crippen LogP) is 2.92. The average molecular weight is 348 g/mol. The molecule has 1 unspecified atom stereocenters. The highest BCUT2D eigenvalue weighted by atomic mass is 16.2. The average Bonchev–Trinajstić information content (AvgIpc) is 2.92. The van der Waals surface area contributed by atoms with Gasteiger partial charge in [0.2, 0.25) is 5.91 Å². The minimum Gasteiger partial charge on any atom is -0.331 e. The van der Waals surface area contributed by atoms with E-state index in [1.54, 1.807) is 0 Å². The smallest absolute Gasteiger partial charge is 0.225 e. The summed E-state index contributed by atoms with van der Waals surface area (Å²) in [5, 5.41) is 7.30.